The first-order chi connectivity index (χ1) is 10.9. The molecule has 4 nitrogen and oxygen atoms in total. The quantitative estimate of drug-likeness (QED) is 0.621. The lowest BCUT2D eigenvalue weighted by Crippen LogP contribution is -2.58. The second kappa shape index (κ2) is 5.39. The van der Waals surface area contributed by atoms with Gasteiger partial charge in [-0.15, -0.1) is 11.3 Å². The Kier molecular flexibility index (Phi) is 3.70. The average Bonchev–Trinajstić information content (AvgIpc) is 2.88. The van der Waals surface area contributed by atoms with E-state index in [4.69, 9.17) is 4.74 Å². The van der Waals surface area contributed by atoms with E-state index in [1.165, 1.54) is 11.3 Å². The Morgan fingerprint density at radius 1 is 1.26 bits per heavy atom. The second-order valence-corrected chi connectivity index (χ2v) is 10.0. The van der Waals surface area contributed by atoms with Gasteiger partial charge in [0.25, 0.3) is 0 Å². The molecule has 0 radical (unpaired) electrons. The zero-order valence-electron chi connectivity index (χ0n) is 12.7. The second-order valence-electron chi connectivity index (χ2n) is 7.57. The van der Waals surface area contributed by atoms with Crippen molar-refractivity contribution in [1.29, 1.82) is 0 Å². The summed E-state index contributed by atoms with van der Waals surface area (Å²) in [5.74, 6) is 0.405. The van der Waals surface area contributed by atoms with Gasteiger partial charge in [-0.05, 0) is 78.4 Å². The standard InChI is InChI=1S/C17H19BrO4S/c18-14-2-1-13(23-14)12(19)8-22-15(20)16-4-10-3-11(5-16)7-17(21,6-10)9-16/h1-2,10-11,21H,3-9H2. The van der Waals surface area contributed by atoms with E-state index in [1.807, 2.05) is 6.07 Å². The van der Waals surface area contributed by atoms with E-state index in [9.17, 15) is 14.7 Å². The lowest BCUT2D eigenvalue weighted by atomic mass is 9.48. The van der Waals surface area contributed by atoms with Gasteiger partial charge < -0.3 is 9.84 Å². The van der Waals surface area contributed by atoms with Crippen LogP contribution < -0.4 is 0 Å². The zero-order chi connectivity index (χ0) is 16.2. The third-order valence-electron chi connectivity index (χ3n) is 5.65. The van der Waals surface area contributed by atoms with E-state index < -0.39 is 11.0 Å². The highest BCUT2D eigenvalue weighted by Crippen LogP contribution is 2.61. The Bertz CT molecular complexity index is 653. The molecule has 2 unspecified atom stereocenters. The van der Waals surface area contributed by atoms with E-state index >= 15 is 0 Å². The third kappa shape index (κ3) is 2.79. The lowest BCUT2D eigenvalue weighted by molar-refractivity contribution is -0.195. The van der Waals surface area contributed by atoms with Crippen LogP contribution in [0.2, 0.25) is 0 Å². The molecule has 4 aliphatic rings. The number of thiophene rings is 1. The van der Waals surface area contributed by atoms with Crippen LogP contribution >= 0.6 is 27.3 Å². The summed E-state index contributed by atoms with van der Waals surface area (Å²) in [5, 5.41) is 10.7. The summed E-state index contributed by atoms with van der Waals surface area (Å²) in [6.07, 6.45) is 4.89. The predicted molar refractivity (Wildman–Crippen MR) is 89.4 cm³/mol. The fourth-order valence-electron chi connectivity index (χ4n) is 5.27. The lowest BCUT2D eigenvalue weighted by Gasteiger charge is -2.58. The molecule has 0 amide bonds. The molecule has 5 rings (SSSR count). The molecule has 1 heterocycles. The molecule has 4 fully saturated rings. The highest BCUT2D eigenvalue weighted by atomic mass is 79.9. The Hall–Kier alpha value is -0.720. The molecule has 1 aromatic rings. The fraction of sp³-hybridized carbons (Fsp3) is 0.647. The summed E-state index contributed by atoms with van der Waals surface area (Å²) < 4.78 is 6.27. The highest BCUT2D eigenvalue weighted by Gasteiger charge is 2.60. The summed E-state index contributed by atoms with van der Waals surface area (Å²) in [4.78, 5) is 25.4. The number of hydrogen-bond acceptors (Lipinski definition) is 5. The van der Waals surface area contributed by atoms with E-state index in [0.717, 1.165) is 35.9 Å². The van der Waals surface area contributed by atoms with Crippen molar-refractivity contribution in [3.63, 3.8) is 0 Å². The van der Waals surface area contributed by atoms with Gasteiger partial charge in [0.05, 0.1) is 19.7 Å². The maximum absolute atomic E-state index is 12.7. The van der Waals surface area contributed by atoms with Crippen molar-refractivity contribution in [1.82, 2.24) is 0 Å². The van der Waals surface area contributed by atoms with Crippen LogP contribution in [0, 0.1) is 17.3 Å². The van der Waals surface area contributed by atoms with Crippen molar-refractivity contribution in [3.05, 3.63) is 20.8 Å². The fourth-order valence-corrected chi connectivity index (χ4v) is 6.58. The minimum atomic E-state index is -0.689. The van der Waals surface area contributed by atoms with Gasteiger partial charge in [0.15, 0.2) is 6.61 Å². The number of esters is 1. The zero-order valence-corrected chi connectivity index (χ0v) is 15.1. The molecule has 0 aliphatic heterocycles. The van der Waals surface area contributed by atoms with E-state index in [0.29, 0.717) is 23.1 Å². The monoisotopic (exact) mass is 398 g/mol. The molecule has 23 heavy (non-hydrogen) atoms. The van der Waals surface area contributed by atoms with Crippen molar-refractivity contribution in [2.24, 2.45) is 17.3 Å². The van der Waals surface area contributed by atoms with Crippen molar-refractivity contribution in [3.8, 4) is 0 Å². The Labute approximate surface area is 147 Å². The average molecular weight is 399 g/mol. The van der Waals surface area contributed by atoms with Gasteiger partial charge in [-0.1, -0.05) is 0 Å². The van der Waals surface area contributed by atoms with Gasteiger partial charge in [0, 0.05) is 0 Å². The van der Waals surface area contributed by atoms with Crippen molar-refractivity contribution < 1.29 is 19.4 Å². The molecule has 0 saturated heterocycles. The first-order valence-electron chi connectivity index (χ1n) is 8.06. The Balaban J connectivity index is 1.44. The Morgan fingerprint density at radius 3 is 2.52 bits per heavy atom. The van der Waals surface area contributed by atoms with E-state index in [-0.39, 0.29) is 18.4 Å². The molecule has 0 spiro atoms. The van der Waals surface area contributed by atoms with Crippen LogP contribution in [0.1, 0.15) is 48.2 Å². The first kappa shape index (κ1) is 15.8. The SMILES string of the molecule is O=C(COC(=O)C12CC3CC(CC(O)(C3)C1)C2)c1ccc(Br)s1. The number of halogens is 1. The van der Waals surface area contributed by atoms with Gasteiger partial charge in [-0.2, -0.15) is 0 Å². The molecular weight excluding hydrogens is 380 g/mol. The molecule has 4 bridgehead atoms. The number of carbonyl (C=O) groups is 2. The van der Waals surface area contributed by atoms with Gasteiger partial charge >= 0.3 is 5.97 Å². The molecule has 2 atom stereocenters. The summed E-state index contributed by atoms with van der Waals surface area (Å²) in [6, 6.07) is 3.55. The van der Waals surface area contributed by atoms with Crippen LogP contribution in [-0.2, 0) is 9.53 Å². The molecule has 1 aromatic heterocycles. The number of rotatable bonds is 4. The third-order valence-corrected chi connectivity index (χ3v) is 7.31. The smallest absolute Gasteiger partial charge is 0.312 e. The first-order valence-corrected chi connectivity index (χ1v) is 9.67. The number of ether oxygens (including phenoxy) is 1. The van der Waals surface area contributed by atoms with Gasteiger partial charge in [-0.25, -0.2) is 0 Å². The normalized spacial score (nSPS) is 37.8. The maximum Gasteiger partial charge on any atom is 0.312 e. The van der Waals surface area contributed by atoms with Gasteiger partial charge in [-0.3, -0.25) is 9.59 Å². The van der Waals surface area contributed by atoms with Crippen molar-refractivity contribution in [2.45, 2.75) is 44.1 Å². The number of carbonyl (C=O) groups excluding carboxylic acids is 2. The summed E-state index contributed by atoms with van der Waals surface area (Å²) in [5.41, 5.74) is -1.25. The van der Waals surface area contributed by atoms with Gasteiger partial charge in [0.2, 0.25) is 5.78 Å². The van der Waals surface area contributed by atoms with Gasteiger partial charge in [0.1, 0.15) is 0 Å². The predicted octanol–water partition coefficient (Wildman–Crippen LogP) is 3.57. The van der Waals surface area contributed by atoms with Crippen LogP contribution in [0.3, 0.4) is 0 Å². The van der Waals surface area contributed by atoms with Crippen molar-refractivity contribution in [2.75, 3.05) is 6.61 Å². The molecule has 4 aliphatic carbocycles. The van der Waals surface area contributed by atoms with E-state index in [1.54, 1.807) is 6.07 Å². The minimum absolute atomic E-state index is 0.169. The maximum atomic E-state index is 12.7. The summed E-state index contributed by atoms with van der Waals surface area (Å²) >= 11 is 4.67. The molecule has 4 saturated carbocycles. The van der Waals surface area contributed by atoms with Crippen LogP contribution in [0.15, 0.2) is 15.9 Å². The number of Topliss-reactive ketones (excluding diaryl/α,β-unsaturated/α-hetero) is 1. The topological polar surface area (TPSA) is 63.6 Å². The van der Waals surface area contributed by atoms with Crippen LogP contribution in [0.5, 0.6) is 0 Å². The van der Waals surface area contributed by atoms with Crippen LogP contribution in [0.4, 0.5) is 0 Å². The molecule has 0 aromatic carbocycles. The van der Waals surface area contributed by atoms with Crippen LogP contribution in [-0.4, -0.2) is 29.1 Å². The molecular formula is C17H19BrO4S. The van der Waals surface area contributed by atoms with Crippen molar-refractivity contribution >= 4 is 39.0 Å². The highest BCUT2D eigenvalue weighted by molar-refractivity contribution is 9.11. The van der Waals surface area contributed by atoms with E-state index in [2.05, 4.69) is 15.9 Å². The summed E-state index contributed by atoms with van der Waals surface area (Å²) in [7, 11) is 0. The molecule has 124 valence electrons. The number of hydrogen-bond donors (Lipinski definition) is 1. The minimum Gasteiger partial charge on any atom is -0.457 e. The largest absolute Gasteiger partial charge is 0.457 e. The summed E-state index contributed by atoms with van der Waals surface area (Å²) in [6.45, 7) is -0.207. The Morgan fingerprint density at radius 2 is 1.96 bits per heavy atom. The molecule has 1 N–H and O–H groups in total. The number of ketones is 1. The van der Waals surface area contributed by atoms with Crippen LogP contribution in [0.25, 0.3) is 0 Å². The number of aliphatic hydroxyl groups is 1. The molecule has 6 heteroatoms.